The van der Waals surface area contributed by atoms with Crippen molar-refractivity contribution in [1.29, 1.82) is 0 Å². The molecule has 1 heterocycles. The summed E-state index contributed by atoms with van der Waals surface area (Å²) >= 11 is 6.37. The van der Waals surface area contributed by atoms with Gasteiger partial charge in [-0.1, -0.05) is 15.9 Å². The Labute approximate surface area is 102 Å². The molecule has 5 nitrogen and oxygen atoms in total. The molecular formula is C8H5Br2N3O2. The Balaban J connectivity index is 2.63. The minimum absolute atomic E-state index is 0.201. The number of nitrogens with zero attached hydrogens (tertiary/aromatic N) is 2. The van der Waals surface area contributed by atoms with E-state index in [1.165, 1.54) is 4.68 Å². The van der Waals surface area contributed by atoms with Gasteiger partial charge >= 0.3 is 4.60 Å². The number of nitrogens with two attached hydrogens (primary N) is 1. The van der Waals surface area contributed by atoms with Gasteiger partial charge in [0, 0.05) is 26.5 Å². The molecule has 0 atom stereocenters. The van der Waals surface area contributed by atoms with Crippen LogP contribution in [0.4, 0.5) is 5.69 Å². The van der Waals surface area contributed by atoms with Crippen LogP contribution in [0.25, 0.3) is 5.69 Å². The lowest BCUT2D eigenvalue weighted by Crippen LogP contribution is -2.34. The summed E-state index contributed by atoms with van der Waals surface area (Å²) < 4.78 is 6.81. The second kappa shape index (κ2) is 3.82. The first-order valence-electron chi connectivity index (χ1n) is 3.89. The molecule has 2 aromatic rings. The number of halogens is 2. The van der Waals surface area contributed by atoms with Gasteiger partial charge in [-0.3, -0.25) is 0 Å². The van der Waals surface area contributed by atoms with E-state index in [4.69, 9.17) is 5.73 Å². The second-order valence-corrected chi connectivity index (χ2v) is 4.43. The van der Waals surface area contributed by atoms with Crippen LogP contribution in [-0.2, 0) is 0 Å². The molecule has 1 aromatic carbocycles. The fourth-order valence-electron chi connectivity index (χ4n) is 1.09. The Morgan fingerprint density at radius 3 is 2.73 bits per heavy atom. The van der Waals surface area contributed by atoms with Crippen molar-refractivity contribution >= 4 is 37.5 Å². The number of hydrogen-bond donors (Lipinski definition) is 1. The maximum Gasteiger partial charge on any atom is 0.305 e. The molecule has 2 rings (SSSR count). The van der Waals surface area contributed by atoms with Crippen LogP contribution in [-0.4, -0.2) is 5.27 Å². The highest BCUT2D eigenvalue weighted by Gasteiger charge is 2.20. The topological polar surface area (TPSA) is 79.0 Å². The van der Waals surface area contributed by atoms with Crippen molar-refractivity contribution in [3.8, 4) is 11.6 Å². The lowest BCUT2D eigenvalue weighted by Gasteiger charge is -1.96. The highest BCUT2D eigenvalue weighted by atomic mass is 79.9. The monoisotopic (exact) mass is 333 g/mol. The van der Waals surface area contributed by atoms with E-state index < -0.39 is 5.95 Å². The SMILES string of the molecule is Nc1ccc(Br)cc1-[n+]1noc([O-])c1Br. The van der Waals surface area contributed by atoms with Gasteiger partial charge < -0.3 is 15.4 Å². The highest BCUT2D eigenvalue weighted by Crippen LogP contribution is 2.22. The van der Waals surface area contributed by atoms with E-state index in [9.17, 15) is 5.11 Å². The van der Waals surface area contributed by atoms with Crippen LogP contribution in [0.15, 0.2) is 31.8 Å². The van der Waals surface area contributed by atoms with E-state index in [0.717, 1.165) is 4.47 Å². The van der Waals surface area contributed by atoms with E-state index in [1.54, 1.807) is 18.2 Å². The van der Waals surface area contributed by atoms with E-state index in [-0.39, 0.29) is 4.60 Å². The first-order valence-corrected chi connectivity index (χ1v) is 5.48. The normalized spacial score (nSPS) is 10.5. The van der Waals surface area contributed by atoms with Gasteiger partial charge in [-0.15, -0.1) is 0 Å². The van der Waals surface area contributed by atoms with Gasteiger partial charge in [-0.05, 0) is 16.8 Å². The number of benzene rings is 1. The van der Waals surface area contributed by atoms with Gasteiger partial charge in [0.2, 0.25) is 0 Å². The molecule has 0 amide bonds. The molecule has 0 bridgehead atoms. The van der Waals surface area contributed by atoms with Gasteiger partial charge in [-0.2, -0.15) is 0 Å². The Kier molecular flexibility index (Phi) is 2.66. The van der Waals surface area contributed by atoms with Crippen LogP contribution in [0.2, 0.25) is 0 Å². The van der Waals surface area contributed by atoms with Crippen molar-refractivity contribution in [2.75, 3.05) is 5.73 Å². The second-order valence-electron chi connectivity index (χ2n) is 2.77. The average molecular weight is 335 g/mol. The molecule has 0 saturated heterocycles. The molecule has 1 aromatic heterocycles. The standard InChI is InChI=1S/C8H5Br2N3O2/c9-4-1-2-5(11)6(3-4)13-7(10)8(14)15-12-13/h1-3H,(H2-,11,12,14). The van der Waals surface area contributed by atoms with E-state index in [0.29, 0.717) is 11.4 Å². The van der Waals surface area contributed by atoms with Crippen LogP contribution in [0, 0.1) is 0 Å². The van der Waals surface area contributed by atoms with Crippen molar-refractivity contribution < 1.29 is 14.3 Å². The predicted octanol–water partition coefficient (Wildman–Crippen LogP) is 1.13. The molecule has 0 spiro atoms. The van der Waals surface area contributed by atoms with E-state index in [2.05, 4.69) is 41.7 Å². The molecule has 7 heteroatoms. The third-order valence-electron chi connectivity index (χ3n) is 1.78. The maximum absolute atomic E-state index is 11.1. The maximum atomic E-state index is 11.1. The molecule has 0 saturated carbocycles. The summed E-state index contributed by atoms with van der Waals surface area (Å²) in [7, 11) is 0. The number of nitrogen functional groups attached to an aromatic ring is 1. The molecular weight excluding hydrogens is 330 g/mol. The summed E-state index contributed by atoms with van der Waals surface area (Å²) in [5.41, 5.74) is 6.82. The van der Waals surface area contributed by atoms with Crippen molar-refractivity contribution in [1.82, 2.24) is 5.27 Å². The summed E-state index contributed by atoms with van der Waals surface area (Å²) in [6, 6.07) is 5.24. The summed E-state index contributed by atoms with van der Waals surface area (Å²) in [4.78, 5) is 0. The Bertz CT molecular complexity index is 513. The van der Waals surface area contributed by atoms with Crippen LogP contribution in [0.1, 0.15) is 0 Å². The van der Waals surface area contributed by atoms with Crippen LogP contribution in [0.3, 0.4) is 0 Å². The number of aromatic nitrogens is 2. The molecule has 0 radical (unpaired) electrons. The average Bonchev–Trinajstić information content (AvgIpc) is 2.52. The molecule has 0 aliphatic heterocycles. The molecule has 0 aliphatic carbocycles. The summed E-state index contributed by atoms with van der Waals surface area (Å²) in [5, 5.41) is 14.6. The van der Waals surface area contributed by atoms with Crippen LogP contribution < -0.4 is 15.5 Å². The van der Waals surface area contributed by atoms with Crippen LogP contribution >= 0.6 is 31.9 Å². The Hall–Kier alpha value is -1.08. The summed E-state index contributed by atoms with van der Waals surface area (Å²) in [6.45, 7) is 0. The first kappa shape index (κ1) is 10.4. The fourth-order valence-corrected chi connectivity index (χ4v) is 1.77. The molecule has 0 unspecified atom stereocenters. The van der Waals surface area contributed by atoms with Gasteiger partial charge in [0.15, 0.2) is 5.95 Å². The number of hydrogen-bond acceptors (Lipinski definition) is 4. The predicted molar refractivity (Wildman–Crippen MR) is 57.3 cm³/mol. The summed E-state index contributed by atoms with van der Waals surface area (Å²) in [5.74, 6) is -0.547. The first-order chi connectivity index (χ1) is 7.09. The van der Waals surface area contributed by atoms with Crippen molar-refractivity contribution in [3.63, 3.8) is 0 Å². The highest BCUT2D eigenvalue weighted by molar-refractivity contribution is 9.10. The summed E-state index contributed by atoms with van der Waals surface area (Å²) in [6.07, 6.45) is 0. The van der Waals surface area contributed by atoms with E-state index >= 15 is 0 Å². The van der Waals surface area contributed by atoms with Crippen molar-refractivity contribution in [2.45, 2.75) is 0 Å². The third-order valence-corrected chi connectivity index (χ3v) is 2.93. The minimum atomic E-state index is -0.547. The lowest BCUT2D eigenvalue weighted by molar-refractivity contribution is -0.680. The smallest absolute Gasteiger partial charge is 0.305 e. The van der Waals surface area contributed by atoms with E-state index in [1.807, 2.05) is 0 Å². The molecule has 0 aliphatic rings. The Morgan fingerprint density at radius 1 is 1.40 bits per heavy atom. The molecule has 15 heavy (non-hydrogen) atoms. The zero-order valence-electron chi connectivity index (χ0n) is 7.28. The largest absolute Gasteiger partial charge is 0.538 e. The van der Waals surface area contributed by atoms with Gasteiger partial charge in [0.05, 0.1) is 5.27 Å². The minimum Gasteiger partial charge on any atom is -0.538 e. The zero-order chi connectivity index (χ0) is 11.0. The van der Waals surface area contributed by atoms with Gasteiger partial charge in [-0.25, -0.2) is 0 Å². The van der Waals surface area contributed by atoms with Crippen molar-refractivity contribution in [2.24, 2.45) is 0 Å². The Morgan fingerprint density at radius 2 is 2.13 bits per heavy atom. The molecule has 2 N–H and O–H groups in total. The fraction of sp³-hybridized carbons (Fsp3) is 0. The van der Waals surface area contributed by atoms with Crippen molar-refractivity contribution in [3.05, 3.63) is 27.3 Å². The lowest BCUT2D eigenvalue weighted by atomic mass is 10.3. The zero-order valence-corrected chi connectivity index (χ0v) is 10.4. The van der Waals surface area contributed by atoms with Gasteiger partial charge in [0.25, 0.3) is 5.69 Å². The quantitative estimate of drug-likeness (QED) is 0.626. The third kappa shape index (κ3) is 1.84. The molecule has 78 valence electrons. The number of rotatable bonds is 1. The number of anilines is 1. The molecule has 0 fully saturated rings. The van der Waals surface area contributed by atoms with Crippen LogP contribution in [0.5, 0.6) is 5.95 Å². The van der Waals surface area contributed by atoms with Gasteiger partial charge in [0.1, 0.15) is 5.69 Å².